The summed E-state index contributed by atoms with van der Waals surface area (Å²) in [6.45, 7) is 0.493. The molecule has 62 valence electrons. The van der Waals surface area contributed by atoms with Gasteiger partial charge in [0, 0.05) is 12.1 Å². The molecule has 1 aliphatic rings. The number of hydrogen-bond acceptors (Lipinski definition) is 1. The van der Waals surface area contributed by atoms with E-state index in [1.807, 2.05) is 0 Å². The van der Waals surface area contributed by atoms with Gasteiger partial charge >= 0.3 is 0 Å². The maximum Gasteiger partial charge on any atom is 0.252 e. The Kier molecular flexibility index (Phi) is 1.65. The van der Waals surface area contributed by atoms with Gasteiger partial charge in [0.1, 0.15) is 5.82 Å². The van der Waals surface area contributed by atoms with Crippen molar-refractivity contribution in [3.8, 4) is 0 Å². The van der Waals surface area contributed by atoms with Crippen LogP contribution in [0.25, 0.3) is 0 Å². The average Bonchev–Trinajstić information content (AvgIpc) is 2.35. The van der Waals surface area contributed by atoms with E-state index >= 15 is 0 Å². The Balaban J connectivity index is 2.63. The molecule has 0 saturated carbocycles. The Hall–Kier alpha value is -0.900. The number of hydrogen-bond donors (Lipinski definition) is 1. The molecule has 2 nitrogen and oxygen atoms in total. The topological polar surface area (TPSA) is 29.1 Å². The van der Waals surface area contributed by atoms with Crippen LogP contribution >= 0.6 is 15.9 Å². The summed E-state index contributed by atoms with van der Waals surface area (Å²) in [5.74, 6) is -0.595. The zero-order valence-corrected chi connectivity index (χ0v) is 7.61. The fraction of sp³-hybridized carbons (Fsp3) is 0.125. The zero-order chi connectivity index (χ0) is 8.72. The molecule has 1 aromatic rings. The number of benzene rings is 1. The first kappa shape index (κ1) is 7.73. The van der Waals surface area contributed by atoms with Crippen molar-refractivity contribution < 1.29 is 9.18 Å². The SMILES string of the molecule is O=C1NCc2cc(Br)c(F)cc21. The minimum atomic E-state index is -0.397. The van der Waals surface area contributed by atoms with Crippen molar-refractivity contribution in [3.05, 3.63) is 33.5 Å². The van der Waals surface area contributed by atoms with E-state index in [2.05, 4.69) is 21.2 Å². The Labute approximate surface area is 76.9 Å². The summed E-state index contributed by atoms with van der Waals surface area (Å²) in [6.07, 6.45) is 0. The number of fused-ring (bicyclic) bond motifs is 1. The highest BCUT2D eigenvalue weighted by Gasteiger charge is 2.20. The summed E-state index contributed by atoms with van der Waals surface area (Å²) in [7, 11) is 0. The van der Waals surface area contributed by atoms with Crippen molar-refractivity contribution in [2.75, 3.05) is 0 Å². The molecule has 0 aromatic heterocycles. The standard InChI is InChI=1S/C8H5BrFNO/c9-6-1-4-3-11-8(12)5(4)2-7(6)10/h1-2H,3H2,(H,11,12). The lowest BCUT2D eigenvalue weighted by molar-refractivity contribution is 0.0965. The highest BCUT2D eigenvalue weighted by Crippen LogP contribution is 2.23. The van der Waals surface area contributed by atoms with Gasteiger partial charge in [-0.15, -0.1) is 0 Å². The van der Waals surface area contributed by atoms with Crippen LogP contribution in [-0.4, -0.2) is 5.91 Å². The van der Waals surface area contributed by atoms with Gasteiger partial charge in [-0.05, 0) is 33.6 Å². The molecule has 12 heavy (non-hydrogen) atoms. The highest BCUT2D eigenvalue weighted by molar-refractivity contribution is 9.10. The van der Waals surface area contributed by atoms with Crippen LogP contribution in [0.1, 0.15) is 15.9 Å². The second-order valence-electron chi connectivity index (χ2n) is 2.61. The molecule has 1 heterocycles. The molecular formula is C8H5BrFNO. The lowest BCUT2D eigenvalue weighted by Gasteiger charge is -1.97. The van der Waals surface area contributed by atoms with E-state index in [9.17, 15) is 9.18 Å². The van der Waals surface area contributed by atoms with Gasteiger partial charge in [0.2, 0.25) is 0 Å². The van der Waals surface area contributed by atoms with Gasteiger partial charge in [0.05, 0.1) is 4.47 Å². The second kappa shape index (κ2) is 2.55. The lowest BCUT2D eigenvalue weighted by Crippen LogP contribution is -2.12. The molecule has 0 spiro atoms. The van der Waals surface area contributed by atoms with Crippen LogP contribution in [0.5, 0.6) is 0 Å². The molecule has 0 aliphatic carbocycles. The van der Waals surface area contributed by atoms with E-state index in [0.717, 1.165) is 5.56 Å². The molecular weight excluding hydrogens is 225 g/mol. The minimum absolute atomic E-state index is 0.198. The predicted octanol–water partition coefficient (Wildman–Crippen LogP) is 1.83. The summed E-state index contributed by atoms with van der Waals surface area (Å²) >= 11 is 3.05. The smallest absolute Gasteiger partial charge is 0.252 e. The summed E-state index contributed by atoms with van der Waals surface area (Å²) in [6, 6.07) is 2.88. The third kappa shape index (κ3) is 1.03. The van der Waals surface area contributed by atoms with Crippen molar-refractivity contribution in [2.45, 2.75) is 6.54 Å². The van der Waals surface area contributed by atoms with Gasteiger partial charge in [-0.2, -0.15) is 0 Å². The van der Waals surface area contributed by atoms with E-state index in [1.54, 1.807) is 6.07 Å². The molecule has 0 atom stereocenters. The van der Waals surface area contributed by atoms with E-state index in [-0.39, 0.29) is 5.91 Å². The highest BCUT2D eigenvalue weighted by atomic mass is 79.9. The molecule has 1 aromatic carbocycles. The van der Waals surface area contributed by atoms with Crippen molar-refractivity contribution in [3.63, 3.8) is 0 Å². The fourth-order valence-corrected chi connectivity index (χ4v) is 1.61. The van der Waals surface area contributed by atoms with Crippen LogP contribution in [0.4, 0.5) is 4.39 Å². The first-order chi connectivity index (χ1) is 5.68. The molecule has 0 unspecified atom stereocenters. The summed E-state index contributed by atoms with van der Waals surface area (Å²) in [5.41, 5.74) is 1.28. The quantitative estimate of drug-likeness (QED) is 0.723. The zero-order valence-electron chi connectivity index (χ0n) is 6.03. The van der Waals surface area contributed by atoms with E-state index in [0.29, 0.717) is 16.6 Å². The van der Waals surface area contributed by atoms with Gasteiger partial charge in [-0.1, -0.05) is 0 Å². The largest absolute Gasteiger partial charge is 0.348 e. The maximum absolute atomic E-state index is 12.9. The van der Waals surface area contributed by atoms with Crippen LogP contribution in [-0.2, 0) is 6.54 Å². The summed E-state index contributed by atoms with van der Waals surface area (Å²) in [4.78, 5) is 11.0. The number of rotatable bonds is 0. The van der Waals surface area contributed by atoms with Crippen molar-refractivity contribution in [1.82, 2.24) is 5.32 Å². The first-order valence-corrected chi connectivity index (χ1v) is 4.24. The van der Waals surface area contributed by atoms with Gasteiger partial charge in [0.25, 0.3) is 5.91 Å². The van der Waals surface area contributed by atoms with Crippen LogP contribution in [0.2, 0.25) is 0 Å². The molecule has 1 N–H and O–H groups in total. The number of nitrogens with one attached hydrogen (secondary N) is 1. The molecule has 1 amide bonds. The van der Waals surface area contributed by atoms with Crippen LogP contribution in [0, 0.1) is 5.82 Å². The Bertz CT molecular complexity index is 364. The van der Waals surface area contributed by atoms with Gasteiger partial charge < -0.3 is 5.32 Å². The molecule has 1 aliphatic heterocycles. The average molecular weight is 230 g/mol. The fourth-order valence-electron chi connectivity index (χ4n) is 1.22. The third-order valence-electron chi connectivity index (χ3n) is 1.83. The van der Waals surface area contributed by atoms with Gasteiger partial charge in [0.15, 0.2) is 0 Å². The molecule has 0 saturated heterocycles. The van der Waals surface area contributed by atoms with Crippen LogP contribution in [0.15, 0.2) is 16.6 Å². The lowest BCUT2D eigenvalue weighted by atomic mass is 10.1. The van der Waals surface area contributed by atoms with E-state index < -0.39 is 5.82 Å². The number of carbonyl (C=O) groups is 1. The van der Waals surface area contributed by atoms with E-state index in [1.165, 1.54) is 6.07 Å². The molecule has 0 radical (unpaired) electrons. The monoisotopic (exact) mass is 229 g/mol. The Morgan fingerprint density at radius 2 is 2.25 bits per heavy atom. The van der Waals surface area contributed by atoms with E-state index in [4.69, 9.17) is 0 Å². The molecule has 0 fully saturated rings. The normalized spacial score (nSPS) is 14.3. The molecule has 4 heteroatoms. The van der Waals surface area contributed by atoms with Crippen molar-refractivity contribution >= 4 is 21.8 Å². The van der Waals surface area contributed by atoms with Crippen molar-refractivity contribution in [2.24, 2.45) is 0 Å². The van der Waals surface area contributed by atoms with Gasteiger partial charge in [-0.3, -0.25) is 4.79 Å². The number of carbonyl (C=O) groups excluding carboxylic acids is 1. The minimum Gasteiger partial charge on any atom is -0.348 e. The Morgan fingerprint density at radius 1 is 1.50 bits per heavy atom. The Morgan fingerprint density at radius 3 is 3.00 bits per heavy atom. The summed E-state index contributed by atoms with van der Waals surface area (Å²) < 4.78 is 13.3. The number of amides is 1. The molecule has 0 bridgehead atoms. The number of halogens is 2. The third-order valence-corrected chi connectivity index (χ3v) is 2.44. The van der Waals surface area contributed by atoms with Crippen LogP contribution < -0.4 is 5.32 Å². The predicted molar refractivity (Wildman–Crippen MR) is 45.3 cm³/mol. The first-order valence-electron chi connectivity index (χ1n) is 3.44. The summed E-state index contributed by atoms with van der Waals surface area (Å²) in [5, 5.41) is 2.61. The van der Waals surface area contributed by atoms with Crippen molar-refractivity contribution in [1.29, 1.82) is 0 Å². The molecule has 2 rings (SSSR count). The maximum atomic E-state index is 12.9. The second-order valence-corrected chi connectivity index (χ2v) is 3.46. The van der Waals surface area contributed by atoms with Crippen LogP contribution in [0.3, 0.4) is 0 Å². The van der Waals surface area contributed by atoms with Gasteiger partial charge in [-0.25, -0.2) is 4.39 Å².